The largest absolute Gasteiger partial charge is 0.508 e. The third-order valence-corrected chi connectivity index (χ3v) is 11.4. The summed E-state index contributed by atoms with van der Waals surface area (Å²) in [4.78, 5) is 17.0. The lowest BCUT2D eigenvalue weighted by molar-refractivity contribution is 0.142. The van der Waals surface area contributed by atoms with Crippen molar-refractivity contribution in [2.75, 3.05) is 18.1 Å². The smallest absolute Gasteiger partial charge is 0.319 e. The standard InChI is InChI=1S/C36H38F3N5O2/c37-21-3-1-2-19(12-21)16-36(10-11-36)18-46-35-42-33-30-28(8-9-29-27-7-5-23(40-27)17-44(29)34(30)43-35)41-32(31(33)39)26-15-24(45)14-20-13-22(38)4-6-25(20)26/h4,6,13-15,19,21,23,27,29,40,45H,1-3,5,7-12,16-18H2/t19?,21-,23-,27+,29-/m1/s1. The molecule has 2 bridgehead atoms. The number of piperazine rings is 1. The van der Waals surface area contributed by atoms with Crippen LogP contribution in [0.4, 0.5) is 19.0 Å². The van der Waals surface area contributed by atoms with Crippen LogP contribution in [0.15, 0.2) is 30.3 Å². The molecule has 0 radical (unpaired) electrons. The molecule has 1 unspecified atom stereocenters. The zero-order valence-electron chi connectivity index (χ0n) is 25.7. The van der Waals surface area contributed by atoms with Gasteiger partial charge in [0.15, 0.2) is 5.82 Å². The van der Waals surface area contributed by atoms with Crippen molar-refractivity contribution in [2.45, 2.75) is 94.9 Å². The molecular weight excluding hydrogens is 591 g/mol. The van der Waals surface area contributed by atoms with Gasteiger partial charge in [-0.1, -0.05) is 18.9 Å². The average Bonchev–Trinajstić information content (AvgIpc) is 3.73. The van der Waals surface area contributed by atoms with Crippen LogP contribution in [-0.4, -0.2) is 57.5 Å². The van der Waals surface area contributed by atoms with E-state index in [2.05, 4.69) is 10.2 Å². The predicted molar refractivity (Wildman–Crippen MR) is 170 cm³/mol. The van der Waals surface area contributed by atoms with Crippen LogP contribution in [-0.2, 0) is 6.42 Å². The second-order valence-corrected chi connectivity index (χ2v) is 14.6. The van der Waals surface area contributed by atoms with Gasteiger partial charge >= 0.3 is 6.01 Å². The minimum absolute atomic E-state index is 0.00623. The molecule has 2 saturated carbocycles. The molecule has 240 valence electrons. The molecule has 7 nitrogen and oxygen atoms in total. The fraction of sp³-hybridized carbons (Fsp3) is 0.528. The molecule has 0 spiro atoms. The highest BCUT2D eigenvalue weighted by Crippen LogP contribution is 2.53. The quantitative estimate of drug-likeness (QED) is 0.234. The molecule has 5 heterocycles. The van der Waals surface area contributed by atoms with Crippen LogP contribution < -0.4 is 15.0 Å². The Balaban J connectivity index is 1.15. The van der Waals surface area contributed by atoms with Gasteiger partial charge in [0.25, 0.3) is 0 Å². The first-order valence-corrected chi connectivity index (χ1v) is 16.9. The van der Waals surface area contributed by atoms with Crippen LogP contribution in [0.25, 0.3) is 32.9 Å². The first kappa shape index (κ1) is 28.6. The van der Waals surface area contributed by atoms with Crippen molar-refractivity contribution in [1.29, 1.82) is 0 Å². The van der Waals surface area contributed by atoms with E-state index < -0.39 is 17.8 Å². The van der Waals surface area contributed by atoms with E-state index in [1.807, 2.05) is 0 Å². The highest BCUT2D eigenvalue weighted by molar-refractivity contribution is 6.01. The van der Waals surface area contributed by atoms with E-state index in [4.69, 9.17) is 19.7 Å². The number of aryl methyl sites for hydroxylation is 1. The van der Waals surface area contributed by atoms with Crippen LogP contribution >= 0.6 is 0 Å². The van der Waals surface area contributed by atoms with E-state index in [-0.39, 0.29) is 34.4 Å². The van der Waals surface area contributed by atoms with Crippen molar-refractivity contribution in [2.24, 2.45) is 11.3 Å². The number of aromatic nitrogens is 3. The number of halogens is 3. The molecule has 2 N–H and O–H groups in total. The first-order valence-electron chi connectivity index (χ1n) is 16.9. The Kier molecular flexibility index (Phi) is 6.63. The summed E-state index contributed by atoms with van der Waals surface area (Å²) in [6.45, 7) is 1.20. The fourth-order valence-electron chi connectivity index (χ4n) is 8.96. The Morgan fingerprint density at radius 3 is 2.76 bits per heavy atom. The zero-order valence-corrected chi connectivity index (χ0v) is 25.7. The number of anilines is 1. The molecule has 0 amide bonds. The van der Waals surface area contributed by atoms with Gasteiger partial charge in [-0.2, -0.15) is 9.97 Å². The van der Waals surface area contributed by atoms with Crippen LogP contribution in [0, 0.1) is 23.0 Å². The van der Waals surface area contributed by atoms with Gasteiger partial charge in [-0.3, -0.25) is 0 Å². The Morgan fingerprint density at radius 1 is 1.02 bits per heavy atom. The van der Waals surface area contributed by atoms with Crippen LogP contribution in [0.5, 0.6) is 11.8 Å². The van der Waals surface area contributed by atoms with E-state index in [9.17, 15) is 13.9 Å². The molecule has 2 aromatic heterocycles. The highest BCUT2D eigenvalue weighted by atomic mass is 19.1. The lowest BCUT2D eigenvalue weighted by Crippen LogP contribution is -2.58. The van der Waals surface area contributed by atoms with Gasteiger partial charge in [0.1, 0.15) is 34.8 Å². The van der Waals surface area contributed by atoms with Gasteiger partial charge in [0.2, 0.25) is 0 Å². The minimum Gasteiger partial charge on any atom is -0.508 e. The van der Waals surface area contributed by atoms with E-state index in [1.165, 1.54) is 24.3 Å². The van der Waals surface area contributed by atoms with Crippen LogP contribution in [0.2, 0.25) is 0 Å². The maximum absolute atomic E-state index is 16.9. The number of benzene rings is 2. The summed E-state index contributed by atoms with van der Waals surface area (Å²) in [5.74, 6) is -0.110. The van der Waals surface area contributed by atoms with Crippen molar-refractivity contribution in [3.8, 4) is 23.0 Å². The van der Waals surface area contributed by atoms with Crippen molar-refractivity contribution in [3.05, 3.63) is 47.7 Å². The molecule has 4 fully saturated rings. The summed E-state index contributed by atoms with van der Waals surface area (Å²) in [6.07, 6.45) is 9.23. The second kappa shape index (κ2) is 10.7. The Bertz CT molecular complexity index is 1860. The van der Waals surface area contributed by atoms with Crippen molar-refractivity contribution in [1.82, 2.24) is 20.3 Å². The number of nitrogens with zero attached hydrogens (tertiary/aromatic N) is 4. The number of ether oxygens (including phenoxy) is 1. The summed E-state index contributed by atoms with van der Waals surface area (Å²) < 4.78 is 51.6. The first-order chi connectivity index (χ1) is 22.3. The Morgan fingerprint density at radius 2 is 1.91 bits per heavy atom. The van der Waals surface area contributed by atoms with E-state index >= 15 is 4.39 Å². The summed E-state index contributed by atoms with van der Waals surface area (Å²) in [6, 6.07) is 8.21. The van der Waals surface area contributed by atoms with Crippen LogP contribution in [0.3, 0.4) is 0 Å². The predicted octanol–water partition coefficient (Wildman–Crippen LogP) is 7.16. The third kappa shape index (κ3) is 4.86. The van der Waals surface area contributed by atoms with E-state index in [0.29, 0.717) is 77.1 Å². The number of rotatable bonds is 6. The van der Waals surface area contributed by atoms with Crippen LogP contribution in [0.1, 0.15) is 69.9 Å². The second-order valence-electron chi connectivity index (χ2n) is 14.6. The highest BCUT2D eigenvalue weighted by Gasteiger charge is 2.46. The van der Waals surface area contributed by atoms with Crippen molar-refractivity contribution in [3.63, 3.8) is 0 Å². The number of hydrogen-bond acceptors (Lipinski definition) is 7. The number of aromatic hydroxyl groups is 1. The topological polar surface area (TPSA) is 83.4 Å². The van der Waals surface area contributed by atoms with Gasteiger partial charge < -0.3 is 20.1 Å². The summed E-state index contributed by atoms with van der Waals surface area (Å²) in [5.41, 5.74) is 1.32. The minimum atomic E-state index is -0.707. The molecule has 5 atom stereocenters. The molecule has 9 rings (SSSR count). The third-order valence-electron chi connectivity index (χ3n) is 11.4. The monoisotopic (exact) mass is 629 g/mol. The van der Waals surface area contributed by atoms with Crippen molar-refractivity contribution >= 4 is 27.5 Å². The maximum Gasteiger partial charge on any atom is 0.319 e. The lowest BCUT2D eigenvalue weighted by Gasteiger charge is -2.41. The molecule has 46 heavy (non-hydrogen) atoms. The molecular formula is C36H38F3N5O2. The SMILES string of the molecule is Oc1cc(-c2nc3c4c(nc(OCC5(CC6CCC[C@@H](F)C6)CC5)nc4c2F)N2C[C@H]4CC[C@H](N4)[C@H]2CC3)c2ccc(F)cc2c1. The summed E-state index contributed by atoms with van der Waals surface area (Å²) in [5, 5.41) is 16.0. The number of hydrogen-bond donors (Lipinski definition) is 2. The molecule has 3 aliphatic heterocycles. The summed E-state index contributed by atoms with van der Waals surface area (Å²) in [7, 11) is 0. The number of fused-ring (bicyclic) bond motifs is 6. The fourth-order valence-corrected chi connectivity index (χ4v) is 8.96. The van der Waals surface area contributed by atoms with Gasteiger partial charge in [-0.25, -0.2) is 18.2 Å². The molecule has 5 aliphatic rings. The number of pyridine rings is 1. The Labute approximate surface area is 265 Å². The normalized spacial score (nSPS) is 27.9. The van der Waals surface area contributed by atoms with E-state index in [1.54, 1.807) is 6.07 Å². The van der Waals surface area contributed by atoms with Crippen molar-refractivity contribution < 1.29 is 23.0 Å². The molecule has 10 heteroatoms. The van der Waals surface area contributed by atoms with Gasteiger partial charge in [0.05, 0.1) is 17.7 Å². The molecule has 2 aromatic carbocycles. The van der Waals surface area contributed by atoms with E-state index in [0.717, 1.165) is 57.9 Å². The zero-order chi connectivity index (χ0) is 31.2. The maximum atomic E-state index is 16.9. The van der Waals surface area contributed by atoms with Gasteiger partial charge in [-0.05, 0) is 98.7 Å². The number of nitrogens with one attached hydrogen (secondary N) is 1. The molecule has 2 saturated heterocycles. The number of phenolic OH excluding ortho intramolecular Hbond substituents is 1. The summed E-state index contributed by atoms with van der Waals surface area (Å²) >= 11 is 0. The molecule has 2 aliphatic carbocycles. The number of phenols is 1. The molecule has 4 aromatic rings. The average molecular weight is 630 g/mol. The van der Waals surface area contributed by atoms with Gasteiger partial charge in [0, 0.05) is 35.6 Å². The Hall–Kier alpha value is -3.66. The lowest BCUT2D eigenvalue weighted by atomic mass is 9.81. The number of alkyl halides is 1. The van der Waals surface area contributed by atoms with Gasteiger partial charge in [-0.15, -0.1) is 0 Å².